The van der Waals surface area contributed by atoms with Crippen LogP contribution in [0.25, 0.3) is 0 Å². The third-order valence-electron chi connectivity index (χ3n) is 8.06. The topological polar surface area (TPSA) is 175 Å². The summed E-state index contributed by atoms with van der Waals surface area (Å²) in [6, 6.07) is 16.7. The molecule has 43 heavy (non-hydrogen) atoms. The van der Waals surface area contributed by atoms with Crippen molar-refractivity contribution >= 4 is 29.0 Å². The number of non-ortho nitro benzene ring substituents is 1. The van der Waals surface area contributed by atoms with Crippen molar-refractivity contribution in [1.82, 2.24) is 4.90 Å². The van der Waals surface area contributed by atoms with Crippen LogP contribution in [0, 0.1) is 33.2 Å². The first-order chi connectivity index (χ1) is 20.6. The summed E-state index contributed by atoms with van der Waals surface area (Å²) in [7, 11) is 0. The number of amides is 3. The molecule has 3 aromatic rings. The maximum absolute atomic E-state index is 15.1. The summed E-state index contributed by atoms with van der Waals surface area (Å²) < 4.78 is 15.1. The summed E-state index contributed by atoms with van der Waals surface area (Å²) in [4.78, 5) is 37.9. The summed E-state index contributed by atoms with van der Waals surface area (Å²) in [5.74, 6) is -0.829. The van der Waals surface area contributed by atoms with E-state index in [0.717, 1.165) is 24.2 Å². The molecule has 3 amide bonds. The van der Waals surface area contributed by atoms with Gasteiger partial charge in [0.25, 0.3) is 5.69 Å². The molecule has 2 aliphatic rings. The Hall–Kier alpha value is -4.86. The van der Waals surface area contributed by atoms with Crippen molar-refractivity contribution in [2.75, 3.05) is 17.2 Å². The Morgan fingerprint density at radius 3 is 2.51 bits per heavy atom. The summed E-state index contributed by atoms with van der Waals surface area (Å²) in [5.41, 5.74) is 7.65. The quantitative estimate of drug-likeness (QED) is 0.209. The van der Waals surface area contributed by atoms with Gasteiger partial charge in [-0.25, -0.2) is 9.18 Å². The zero-order chi connectivity index (χ0) is 30.7. The van der Waals surface area contributed by atoms with E-state index in [1.54, 1.807) is 24.3 Å². The largest absolute Gasteiger partial charge is 0.391 e. The minimum Gasteiger partial charge on any atom is -0.391 e. The number of halogens is 1. The molecule has 0 radical (unpaired) electrons. The Morgan fingerprint density at radius 1 is 1.12 bits per heavy atom. The fourth-order valence-electron chi connectivity index (χ4n) is 5.42. The normalized spacial score (nSPS) is 19.3. The summed E-state index contributed by atoms with van der Waals surface area (Å²) in [6.45, 7) is -0.137. The predicted molar refractivity (Wildman–Crippen MR) is 156 cm³/mol. The fourth-order valence-corrected chi connectivity index (χ4v) is 5.42. The number of nitriles is 1. The van der Waals surface area contributed by atoms with Crippen molar-refractivity contribution in [2.24, 2.45) is 11.7 Å². The van der Waals surface area contributed by atoms with Crippen LogP contribution in [-0.2, 0) is 10.3 Å². The number of rotatable bonds is 9. The van der Waals surface area contributed by atoms with Crippen LogP contribution in [-0.4, -0.2) is 45.6 Å². The van der Waals surface area contributed by atoms with Crippen molar-refractivity contribution in [1.29, 1.82) is 5.26 Å². The number of nitro benzene ring substituents is 1. The van der Waals surface area contributed by atoms with Gasteiger partial charge in [-0.1, -0.05) is 31.0 Å². The van der Waals surface area contributed by atoms with Crippen LogP contribution in [0.15, 0.2) is 66.7 Å². The van der Waals surface area contributed by atoms with Gasteiger partial charge in [-0.15, -0.1) is 0 Å². The second kappa shape index (κ2) is 12.2. The maximum Gasteiger partial charge on any atom is 0.322 e. The van der Waals surface area contributed by atoms with Gasteiger partial charge >= 0.3 is 6.03 Å². The highest BCUT2D eigenvalue weighted by Crippen LogP contribution is 2.40. The van der Waals surface area contributed by atoms with Crippen LogP contribution in [0.1, 0.15) is 48.8 Å². The monoisotopic (exact) mass is 586 g/mol. The van der Waals surface area contributed by atoms with Gasteiger partial charge in [0.15, 0.2) is 0 Å². The molecule has 5 rings (SSSR count). The number of anilines is 2. The maximum atomic E-state index is 15.1. The van der Waals surface area contributed by atoms with E-state index in [2.05, 4.69) is 16.7 Å². The number of nitro groups is 1. The van der Waals surface area contributed by atoms with E-state index in [1.165, 1.54) is 36.4 Å². The molecule has 1 aliphatic carbocycles. The smallest absolute Gasteiger partial charge is 0.322 e. The van der Waals surface area contributed by atoms with Crippen molar-refractivity contribution in [3.8, 4) is 6.07 Å². The van der Waals surface area contributed by atoms with Crippen LogP contribution in [0.2, 0.25) is 0 Å². The lowest BCUT2D eigenvalue weighted by molar-refractivity contribution is -0.384. The van der Waals surface area contributed by atoms with Crippen LogP contribution in [0.4, 0.5) is 26.2 Å². The lowest BCUT2D eigenvalue weighted by atomic mass is 9.79. The molecular formula is C31H31FN6O5. The molecule has 1 saturated carbocycles. The number of nitrogens with one attached hydrogen (secondary N) is 2. The first-order valence-corrected chi connectivity index (χ1v) is 14.0. The molecule has 11 nitrogen and oxygen atoms in total. The second-order valence-electron chi connectivity index (χ2n) is 11.1. The van der Waals surface area contributed by atoms with Crippen molar-refractivity contribution in [2.45, 2.75) is 49.8 Å². The molecular weight excluding hydrogens is 555 g/mol. The molecule has 5 N–H and O–H groups in total. The minimum absolute atomic E-state index is 0.0655. The van der Waals surface area contributed by atoms with Crippen molar-refractivity contribution in [3.05, 3.63) is 99.4 Å². The van der Waals surface area contributed by atoms with E-state index in [9.17, 15) is 30.1 Å². The molecule has 3 atom stereocenters. The lowest BCUT2D eigenvalue weighted by Crippen LogP contribution is -2.45. The number of hydrogen-bond donors (Lipinski definition) is 4. The van der Waals surface area contributed by atoms with Crippen LogP contribution in [0.5, 0.6) is 0 Å². The predicted octanol–water partition coefficient (Wildman–Crippen LogP) is 4.60. The zero-order valence-electron chi connectivity index (χ0n) is 23.2. The van der Waals surface area contributed by atoms with Gasteiger partial charge < -0.3 is 26.4 Å². The molecule has 1 saturated heterocycles. The molecule has 2 fully saturated rings. The third kappa shape index (κ3) is 6.63. The Labute approximate surface area is 247 Å². The standard InChI is InChI=1S/C31H31FN6O5/c32-26-11-6-22(31(34,13-12-19-4-5-19)21-3-1-2-20(14-21)17-33)15-27(26)36-29(40)28-16-25(39)18-37(28)30(41)35-23-7-9-24(10-8-23)38(42)43/h1-3,6-11,14-15,19,25,28,39H,4-5,12-13,16,18,34H2,(H,35,41)(H,36,40)/t25-,28-,31?/m1/s1. The van der Waals surface area contributed by atoms with Crippen LogP contribution < -0.4 is 16.4 Å². The molecule has 1 heterocycles. The highest BCUT2D eigenvalue weighted by Gasteiger charge is 2.40. The number of carbonyl (C=O) groups excluding carboxylic acids is 2. The molecule has 0 spiro atoms. The van der Waals surface area contributed by atoms with Crippen molar-refractivity contribution < 1.29 is 24.0 Å². The number of carbonyl (C=O) groups is 2. The molecule has 12 heteroatoms. The number of hydrogen-bond acceptors (Lipinski definition) is 7. The number of nitrogens with two attached hydrogens (primary N) is 1. The molecule has 3 aromatic carbocycles. The number of nitrogens with zero attached hydrogens (tertiary/aromatic N) is 3. The molecule has 1 unspecified atom stereocenters. The number of aliphatic hydroxyl groups is 1. The van der Waals surface area contributed by atoms with Gasteiger partial charge in [0.2, 0.25) is 5.91 Å². The average Bonchev–Trinajstić information content (AvgIpc) is 3.75. The molecule has 222 valence electrons. The van der Waals surface area contributed by atoms with Gasteiger partial charge in [-0.3, -0.25) is 14.9 Å². The number of benzene rings is 3. The highest BCUT2D eigenvalue weighted by atomic mass is 19.1. The van der Waals surface area contributed by atoms with Gasteiger partial charge in [0.1, 0.15) is 11.9 Å². The van der Waals surface area contributed by atoms with Crippen LogP contribution in [0.3, 0.4) is 0 Å². The number of likely N-dealkylation sites (tertiary alicyclic amines) is 1. The number of β-amino-alcohol motifs (C(OH)–C–C–N with tert-alkyl or cyclic N) is 1. The van der Waals surface area contributed by atoms with Gasteiger partial charge in [-0.2, -0.15) is 5.26 Å². The van der Waals surface area contributed by atoms with E-state index < -0.39 is 40.4 Å². The lowest BCUT2D eigenvalue weighted by Gasteiger charge is -2.32. The van der Waals surface area contributed by atoms with Gasteiger partial charge in [0.05, 0.1) is 33.9 Å². The summed E-state index contributed by atoms with van der Waals surface area (Å²) >= 11 is 0. The molecule has 1 aliphatic heterocycles. The minimum atomic E-state index is -1.11. The average molecular weight is 587 g/mol. The third-order valence-corrected chi connectivity index (χ3v) is 8.06. The zero-order valence-corrected chi connectivity index (χ0v) is 23.2. The van der Waals surface area contributed by atoms with E-state index in [0.29, 0.717) is 29.0 Å². The molecule has 0 bridgehead atoms. The second-order valence-corrected chi connectivity index (χ2v) is 11.1. The first kappa shape index (κ1) is 29.6. The Morgan fingerprint density at radius 2 is 1.84 bits per heavy atom. The van der Waals surface area contributed by atoms with Gasteiger partial charge in [-0.05, 0) is 66.3 Å². The summed E-state index contributed by atoms with van der Waals surface area (Å²) in [5, 5.41) is 35.8. The van der Waals surface area contributed by atoms with E-state index >= 15 is 4.39 Å². The Bertz CT molecular complexity index is 1590. The first-order valence-electron chi connectivity index (χ1n) is 14.0. The van der Waals surface area contributed by atoms with E-state index in [-0.39, 0.29) is 30.0 Å². The summed E-state index contributed by atoms with van der Waals surface area (Å²) in [6.07, 6.45) is 2.61. The highest BCUT2D eigenvalue weighted by molar-refractivity contribution is 6.00. The fraction of sp³-hybridized carbons (Fsp3) is 0.323. The Balaban J connectivity index is 1.36. The number of aliphatic hydroxyl groups excluding tert-OH is 1. The van der Waals surface area contributed by atoms with E-state index in [4.69, 9.17) is 5.73 Å². The van der Waals surface area contributed by atoms with Crippen molar-refractivity contribution in [3.63, 3.8) is 0 Å². The van der Waals surface area contributed by atoms with Gasteiger partial charge in [0, 0.05) is 30.8 Å². The SMILES string of the molecule is N#Cc1cccc(C(N)(CCC2CC2)c2ccc(F)c(NC(=O)[C@H]3C[C@@H](O)CN3C(=O)Nc3ccc([N+](=O)[O-])cc3)c2)c1. The van der Waals surface area contributed by atoms with E-state index in [1.807, 2.05) is 6.07 Å². The number of urea groups is 1. The Kier molecular flexibility index (Phi) is 8.38. The van der Waals surface area contributed by atoms with Crippen LogP contribution >= 0.6 is 0 Å². The molecule has 0 aromatic heterocycles.